The molecule has 2 aromatic heterocycles. The minimum absolute atomic E-state index is 0.219. The molecule has 1 amide bonds. The van der Waals surface area contributed by atoms with Crippen molar-refractivity contribution in [3.05, 3.63) is 65.5 Å². The van der Waals surface area contributed by atoms with Crippen molar-refractivity contribution in [3.63, 3.8) is 0 Å². The predicted octanol–water partition coefficient (Wildman–Crippen LogP) is 2.38. The van der Waals surface area contributed by atoms with Crippen LogP contribution in [0.2, 0.25) is 0 Å². The van der Waals surface area contributed by atoms with Gasteiger partial charge in [0.1, 0.15) is 6.04 Å². The Bertz CT molecular complexity index is 890. The zero-order valence-corrected chi connectivity index (χ0v) is 12.6. The summed E-state index contributed by atoms with van der Waals surface area (Å²) in [6.07, 6.45) is 5.10. The SMILES string of the molecule is CC[C@H](C(=O)Nc1cccnc1)n1cnc2ccccc2c1=O. The number of carbonyl (C=O) groups is 1. The fourth-order valence-electron chi connectivity index (χ4n) is 2.48. The first-order valence-corrected chi connectivity index (χ1v) is 7.37. The van der Waals surface area contributed by atoms with Crippen molar-refractivity contribution in [1.29, 1.82) is 0 Å². The topological polar surface area (TPSA) is 76.9 Å². The molecule has 3 rings (SSSR count). The van der Waals surface area contributed by atoms with Crippen molar-refractivity contribution in [1.82, 2.24) is 14.5 Å². The number of benzene rings is 1. The van der Waals surface area contributed by atoms with E-state index in [2.05, 4.69) is 15.3 Å². The number of rotatable bonds is 4. The van der Waals surface area contributed by atoms with E-state index in [9.17, 15) is 9.59 Å². The smallest absolute Gasteiger partial charge is 0.261 e. The quantitative estimate of drug-likeness (QED) is 0.803. The van der Waals surface area contributed by atoms with Crippen LogP contribution in [0.25, 0.3) is 10.9 Å². The molecular weight excluding hydrogens is 292 g/mol. The van der Waals surface area contributed by atoms with Crippen LogP contribution >= 0.6 is 0 Å². The Morgan fingerprint density at radius 3 is 2.83 bits per heavy atom. The third-order valence-electron chi connectivity index (χ3n) is 3.64. The molecule has 0 saturated carbocycles. The lowest BCUT2D eigenvalue weighted by atomic mass is 10.2. The van der Waals surface area contributed by atoms with Gasteiger partial charge in [0, 0.05) is 6.20 Å². The summed E-state index contributed by atoms with van der Waals surface area (Å²) < 4.78 is 1.38. The van der Waals surface area contributed by atoms with E-state index >= 15 is 0 Å². The van der Waals surface area contributed by atoms with Crippen molar-refractivity contribution in [2.45, 2.75) is 19.4 Å². The van der Waals surface area contributed by atoms with Gasteiger partial charge in [-0.3, -0.25) is 19.1 Å². The fraction of sp³-hybridized carbons (Fsp3) is 0.176. The lowest BCUT2D eigenvalue weighted by Crippen LogP contribution is -2.33. The Morgan fingerprint density at radius 2 is 2.09 bits per heavy atom. The van der Waals surface area contributed by atoms with E-state index in [1.54, 1.807) is 42.7 Å². The lowest BCUT2D eigenvalue weighted by Gasteiger charge is -2.17. The first-order valence-electron chi connectivity index (χ1n) is 7.37. The maximum atomic E-state index is 12.6. The van der Waals surface area contributed by atoms with Gasteiger partial charge >= 0.3 is 0 Å². The molecule has 0 unspecified atom stereocenters. The molecule has 0 saturated heterocycles. The van der Waals surface area contributed by atoms with Gasteiger partial charge in [-0.2, -0.15) is 0 Å². The van der Waals surface area contributed by atoms with Crippen molar-refractivity contribution in [2.24, 2.45) is 0 Å². The summed E-state index contributed by atoms with van der Waals surface area (Å²) in [6.45, 7) is 1.86. The Morgan fingerprint density at radius 1 is 1.26 bits per heavy atom. The molecule has 3 aromatic rings. The van der Waals surface area contributed by atoms with E-state index in [4.69, 9.17) is 0 Å². The van der Waals surface area contributed by atoms with Crippen LogP contribution in [0.3, 0.4) is 0 Å². The van der Waals surface area contributed by atoms with Crippen LogP contribution in [0.15, 0.2) is 59.9 Å². The van der Waals surface area contributed by atoms with Gasteiger partial charge in [0.25, 0.3) is 5.56 Å². The lowest BCUT2D eigenvalue weighted by molar-refractivity contribution is -0.119. The number of amides is 1. The second kappa shape index (κ2) is 6.39. The average Bonchev–Trinajstić information content (AvgIpc) is 2.58. The molecule has 2 heterocycles. The molecule has 1 atom stereocenters. The number of nitrogens with zero attached hydrogens (tertiary/aromatic N) is 3. The third-order valence-corrected chi connectivity index (χ3v) is 3.64. The zero-order chi connectivity index (χ0) is 16.2. The van der Waals surface area contributed by atoms with Crippen LogP contribution in [0.1, 0.15) is 19.4 Å². The van der Waals surface area contributed by atoms with E-state index in [-0.39, 0.29) is 11.5 Å². The molecule has 0 bridgehead atoms. The summed E-state index contributed by atoms with van der Waals surface area (Å²) in [5.41, 5.74) is 0.998. The van der Waals surface area contributed by atoms with Crippen LogP contribution in [0.4, 0.5) is 5.69 Å². The molecule has 0 aliphatic heterocycles. The number of fused-ring (bicyclic) bond motifs is 1. The van der Waals surface area contributed by atoms with E-state index in [1.165, 1.54) is 10.9 Å². The van der Waals surface area contributed by atoms with Crippen LogP contribution in [0.5, 0.6) is 0 Å². The molecule has 116 valence electrons. The second-order valence-corrected chi connectivity index (χ2v) is 5.13. The molecular formula is C17H16N4O2. The molecule has 0 radical (unpaired) electrons. The molecule has 0 fully saturated rings. The van der Waals surface area contributed by atoms with E-state index in [1.807, 2.05) is 13.0 Å². The number of hydrogen-bond acceptors (Lipinski definition) is 4. The monoisotopic (exact) mass is 308 g/mol. The normalized spacial score (nSPS) is 12.0. The Balaban J connectivity index is 1.96. The van der Waals surface area contributed by atoms with Crippen molar-refractivity contribution >= 4 is 22.5 Å². The summed E-state index contributed by atoms with van der Waals surface area (Å²) >= 11 is 0. The van der Waals surface area contributed by atoms with Crippen molar-refractivity contribution in [3.8, 4) is 0 Å². The van der Waals surface area contributed by atoms with Gasteiger partial charge in [0.2, 0.25) is 5.91 Å². The van der Waals surface area contributed by atoms with E-state index in [0.717, 1.165) is 0 Å². The van der Waals surface area contributed by atoms with Crippen molar-refractivity contribution in [2.75, 3.05) is 5.32 Å². The maximum Gasteiger partial charge on any atom is 0.261 e. The largest absolute Gasteiger partial charge is 0.323 e. The maximum absolute atomic E-state index is 12.6. The van der Waals surface area contributed by atoms with Gasteiger partial charge in [-0.05, 0) is 30.7 Å². The van der Waals surface area contributed by atoms with Crippen LogP contribution in [-0.4, -0.2) is 20.4 Å². The first-order chi connectivity index (χ1) is 11.2. The summed E-state index contributed by atoms with van der Waals surface area (Å²) in [6, 6.07) is 9.96. The van der Waals surface area contributed by atoms with Gasteiger partial charge in [-0.15, -0.1) is 0 Å². The summed E-state index contributed by atoms with van der Waals surface area (Å²) in [7, 11) is 0. The van der Waals surface area contributed by atoms with Crippen LogP contribution < -0.4 is 10.9 Å². The van der Waals surface area contributed by atoms with Crippen LogP contribution in [0, 0.1) is 0 Å². The van der Waals surface area contributed by atoms with E-state index in [0.29, 0.717) is 23.0 Å². The Hall–Kier alpha value is -3.02. The van der Waals surface area contributed by atoms with Crippen LogP contribution in [-0.2, 0) is 4.79 Å². The summed E-state index contributed by atoms with van der Waals surface area (Å²) in [4.78, 5) is 33.4. The minimum atomic E-state index is -0.625. The Kier molecular flexibility index (Phi) is 4.14. The molecule has 6 heteroatoms. The number of pyridine rings is 1. The van der Waals surface area contributed by atoms with E-state index < -0.39 is 6.04 Å². The van der Waals surface area contributed by atoms with Gasteiger partial charge in [0.15, 0.2) is 0 Å². The molecule has 23 heavy (non-hydrogen) atoms. The molecule has 1 N–H and O–H groups in total. The number of para-hydroxylation sites is 1. The summed E-state index contributed by atoms with van der Waals surface area (Å²) in [5, 5.41) is 3.28. The van der Waals surface area contributed by atoms with Crippen molar-refractivity contribution < 1.29 is 4.79 Å². The average molecular weight is 308 g/mol. The van der Waals surface area contributed by atoms with Gasteiger partial charge < -0.3 is 5.32 Å². The number of anilines is 1. The highest BCUT2D eigenvalue weighted by atomic mass is 16.2. The molecule has 0 aliphatic rings. The zero-order valence-electron chi connectivity index (χ0n) is 12.6. The van der Waals surface area contributed by atoms with Gasteiger partial charge in [-0.1, -0.05) is 19.1 Å². The first kappa shape index (κ1) is 14.9. The summed E-state index contributed by atoms with van der Waals surface area (Å²) in [5.74, 6) is -0.264. The number of carbonyl (C=O) groups excluding carboxylic acids is 1. The highest BCUT2D eigenvalue weighted by Crippen LogP contribution is 2.14. The molecule has 0 spiro atoms. The standard InChI is InChI=1S/C17H16N4O2/c1-2-15(16(22)20-12-6-5-9-18-10-12)21-11-19-14-8-4-3-7-13(14)17(21)23/h3-11,15H,2H2,1H3,(H,20,22)/t15-/m1/s1. The fourth-order valence-corrected chi connectivity index (χ4v) is 2.48. The Labute approximate surface area is 132 Å². The molecule has 6 nitrogen and oxygen atoms in total. The highest BCUT2D eigenvalue weighted by molar-refractivity contribution is 5.93. The number of nitrogens with one attached hydrogen (secondary N) is 1. The second-order valence-electron chi connectivity index (χ2n) is 5.13. The predicted molar refractivity (Wildman–Crippen MR) is 88.2 cm³/mol. The third kappa shape index (κ3) is 2.96. The van der Waals surface area contributed by atoms with Gasteiger partial charge in [-0.25, -0.2) is 4.98 Å². The highest BCUT2D eigenvalue weighted by Gasteiger charge is 2.20. The minimum Gasteiger partial charge on any atom is -0.323 e. The number of aromatic nitrogens is 3. The van der Waals surface area contributed by atoms with Gasteiger partial charge in [0.05, 0.1) is 29.1 Å². The molecule has 1 aromatic carbocycles. The number of hydrogen-bond donors (Lipinski definition) is 1. The molecule has 0 aliphatic carbocycles.